The van der Waals surface area contributed by atoms with Gasteiger partial charge in [-0.05, 0) is 31.2 Å². The van der Waals surface area contributed by atoms with E-state index in [0.29, 0.717) is 16.9 Å². The number of aromatic nitrogens is 3. The number of hydrogen-bond acceptors (Lipinski definition) is 3. The van der Waals surface area contributed by atoms with Gasteiger partial charge < -0.3 is 5.32 Å². The number of carbonyl (C=O) groups excluding carboxylic acids is 1. The lowest BCUT2D eigenvalue weighted by Crippen LogP contribution is -2.26. The van der Waals surface area contributed by atoms with Crippen molar-refractivity contribution in [1.29, 1.82) is 0 Å². The van der Waals surface area contributed by atoms with Gasteiger partial charge >= 0.3 is 0 Å². The van der Waals surface area contributed by atoms with Crippen molar-refractivity contribution in [2.45, 2.75) is 19.9 Å². The highest BCUT2D eigenvalue weighted by molar-refractivity contribution is 5.79. The minimum Gasteiger partial charge on any atom is -0.347 e. The number of amides is 1. The van der Waals surface area contributed by atoms with Crippen LogP contribution in [0.4, 0.5) is 4.39 Å². The quantitative estimate of drug-likeness (QED) is 0.809. The minimum absolute atomic E-state index is 0.150. The van der Waals surface area contributed by atoms with Crippen LogP contribution in [0.3, 0.4) is 0 Å². The summed E-state index contributed by atoms with van der Waals surface area (Å²) in [5, 5.41) is 2.81. The van der Waals surface area contributed by atoms with Crippen molar-refractivity contribution >= 4 is 16.9 Å². The molecule has 0 fully saturated rings. The van der Waals surface area contributed by atoms with Gasteiger partial charge in [-0.15, -0.1) is 0 Å². The summed E-state index contributed by atoms with van der Waals surface area (Å²) in [5.74, 6) is 0.142. The Hall–Kier alpha value is -2.76. The third-order valence-electron chi connectivity index (χ3n) is 3.35. The van der Waals surface area contributed by atoms with E-state index >= 15 is 0 Å². The first kappa shape index (κ1) is 14.2. The zero-order valence-electron chi connectivity index (χ0n) is 12.2. The molecule has 0 aliphatic rings. The van der Waals surface area contributed by atoms with Gasteiger partial charge in [-0.1, -0.05) is 0 Å². The van der Waals surface area contributed by atoms with E-state index in [1.807, 2.05) is 17.6 Å². The minimum atomic E-state index is -0.337. The summed E-state index contributed by atoms with van der Waals surface area (Å²) in [6.07, 6.45) is 3.34. The summed E-state index contributed by atoms with van der Waals surface area (Å²) in [5.41, 5.74) is 2.07. The molecule has 3 aromatic rings. The zero-order valence-corrected chi connectivity index (χ0v) is 12.2. The zero-order chi connectivity index (χ0) is 15.7. The van der Waals surface area contributed by atoms with Gasteiger partial charge in [0.1, 0.15) is 11.6 Å². The van der Waals surface area contributed by atoms with Gasteiger partial charge in [0.15, 0.2) is 0 Å². The molecule has 1 amide bonds. The Labute approximate surface area is 126 Å². The Morgan fingerprint density at radius 3 is 2.86 bits per heavy atom. The number of benzene rings is 1. The third kappa shape index (κ3) is 2.55. The van der Waals surface area contributed by atoms with Crippen LogP contribution >= 0.6 is 0 Å². The fraction of sp³-hybridized carbons (Fsp3) is 0.188. The van der Waals surface area contributed by atoms with Crippen molar-refractivity contribution in [3.8, 4) is 5.69 Å². The van der Waals surface area contributed by atoms with E-state index in [9.17, 15) is 9.18 Å². The predicted molar refractivity (Wildman–Crippen MR) is 81.1 cm³/mol. The number of pyridine rings is 1. The highest BCUT2D eigenvalue weighted by Gasteiger charge is 2.19. The van der Waals surface area contributed by atoms with Gasteiger partial charge in [-0.2, -0.15) is 0 Å². The number of rotatable bonds is 3. The topological polar surface area (TPSA) is 59.8 Å². The van der Waals surface area contributed by atoms with Gasteiger partial charge in [0.05, 0.1) is 29.0 Å². The molecule has 0 aliphatic heterocycles. The van der Waals surface area contributed by atoms with Crippen molar-refractivity contribution in [2.24, 2.45) is 0 Å². The van der Waals surface area contributed by atoms with Crippen molar-refractivity contribution in [3.63, 3.8) is 0 Å². The summed E-state index contributed by atoms with van der Waals surface area (Å²) in [6.45, 7) is 3.29. The van der Waals surface area contributed by atoms with E-state index in [2.05, 4.69) is 15.3 Å². The summed E-state index contributed by atoms with van der Waals surface area (Å²) >= 11 is 0. The largest absolute Gasteiger partial charge is 0.347 e. The molecule has 112 valence electrons. The molecule has 3 rings (SSSR count). The van der Waals surface area contributed by atoms with Crippen LogP contribution in [0.5, 0.6) is 0 Å². The highest BCUT2D eigenvalue weighted by Crippen LogP contribution is 2.25. The molecular formula is C16H15FN4O. The van der Waals surface area contributed by atoms with Gasteiger partial charge in [-0.25, -0.2) is 9.37 Å². The molecule has 0 saturated heterocycles. The highest BCUT2D eigenvalue weighted by atomic mass is 19.1. The molecule has 2 heterocycles. The SMILES string of the molecule is CC(=O)N[C@H](C)c1nc2ccc(F)cc2n1-c1cccnc1. The van der Waals surface area contributed by atoms with E-state index < -0.39 is 0 Å². The fourth-order valence-electron chi connectivity index (χ4n) is 2.48. The maximum Gasteiger partial charge on any atom is 0.217 e. The smallest absolute Gasteiger partial charge is 0.217 e. The predicted octanol–water partition coefficient (Wildman–Crippen LogP) is 2.76. The number of hydrogen-bond donors (Lipinski definition) is 1. The van der Waals surface area contributed by atoms with Crippen LogP contribution < -0.4 is 5.32 Å². The summed E-state index contributed by atoms with van der Waals surface area (Å²) in [4.78, 5) is 20.0. The molecule has 0 saturated carbocycles. The number of carbonyl (C=O) groups is 1. The molecule has 1 atom stereocenters. The van der Waals surface area contributed by atoms with E-state index in [1.165, 1.54) is 19.1 Å². The van der Waals surface area contributed by atoms with E-state index in [-0.39, 0.29) is 17.8 Å². The molecule has 0 spiro atoms. The third-order valence-corrected chi connectivity index (χ3v) is 3.35. The Kier molecular flexibility index (Phi) is 3.58. The molecular weight excluding hydrogens is 283 g/mol. The first-order valence-electron chi connectivity index (χ1n) is 6.91. The summed E-state index contributed by atoms with van der Waals surface area (Å²) < 4.78 is 15.4. The van der Waals surface area contributed by atoms with Crippen LogP contribution in [0, 0.1) is 5.82 Å². The molecule has 0 unspecified atom stereocenters. The van der Waals surface area contributed by atoms with Gasteiger partial charge in [-0.3, -0.25) is 14.3 Å². The molecule has 22 heavy (non-hydrogen) atoms. The number of nitrogens with zero attached hydrogens (tertiary/aromatic N) is 3. The number of imidazole rings is 1. The number of halogens is 1. The molecule has 5 nitrogen and oxygen atoms in total. The van der Waals surface area contributed by atoms with E-state index in [4.69, 9.17) is 0 Å². The molecule has 0 bridgehead atoms. The Morgan fingerprint density at radius 2 is 2.18 bits per heavy atom. The molecule has 1 aromatic carbocycles. The Balaban J connectivity index is 2.25. The first-order chi connectivity index (χ1) is 10.6. The van der Waals surface area contributed by atoms with Crippen LogP contribution in [0.15, 0.2) is 42.7 Å². The molecule has 0 aliphatic carbocycles. The first-order valence-corrected chi connectivity index (χ1v) is 6.91. The lowest BCUT2D eigenvalue weighted by molar-refractivity contribution is -0.119. The molecule has 1 N–H and O–H groups in total. The lowest BCUT2D eigenvalue weighted by Gasteiger charge is -2.15. The van der Waals surface area contributed by atoms with Gasteiger partial charge in [0, 0.05) is 19.2 Å². The molecule has 0 radical (unpaired) electrons. The lowest BCUT2D eigenvalue weighted by atomic mass is 10.2. The average molecular weight is 298 g/mol. The molecule has 6 heteroatoms. The van der Waals surface area contributed by atoms with Crippen molar-refractivity contribution in [1.82, 2.24) is 19.9 Å². The van der Waals surface area contributed by atoms with Crippen LogP contribution in [-0.4, -0.2) is 20.4 Å². The monoisotopic (exact) mass is 298 g/mol. The van der Waals surface area contributed by atoms with Crippen LogP contribution in [0.1, 0.15) is 25.7 Å². The second-order valence-electron chi connectivity index (χ2n) is 5.07. The van der Waals surface area contributed by atoms with Crippen LogP contribution in [0.25, 0.3) is 16.7 Å². The second-order valence-corrected chi connectivity index (χ2v) is 5.07. The normalized spacial score (nSPS) is 12.3. The van der Waals surface area contributed by atoms with Crippen molar-refractivity contribution in [2.75, 3.05) is 0 Å². The van der Waals surface area contributed by atoms with Crippen molar-refractivity contribution in [3.05, 3.63) is 54.4 Å². The van der Waals surface area contributed by atoms with Gasteiger partial charge in [0.2, 0.25) is 5.91 Å². The Morgan fingerprint density at radius 1 is 1.36 bits per heavy atom. The second kappa shape index (κ2) is 5.55. The average Bonchev–Trinajstić information content (AvgIpc) is 2.86. The van der Waals surface area contributed by atoms with Crippen molar-refractivity contribution < 1.29 is 9.18 Å². The summed E-state index contributed by atoms with van der Waals surface area (Å²) in [7, 11) is 0. The maximum atomic E-state index is 13.6. The van der Waals surface area contributed by atoms with E-state index in [1.54, 1.807) is 24.5 Å². The standard InChI is InChI=1S/C16H15FN4O/c1-10(19-11(2)22)16-20-14-6-5-12(17)8-15(14)21(16)13-4-3-7-18-9-13/h3-10H,1-2H3,(H,19,22)/t10-/m1/s1. The fourth-order valence-corrected chi connectivity index (χ4v) is 2.48. The summed E-state index contributed by atoms with van der Waals surface area (Å²) in [6, 6.07) is 7.78. The van der Waals surface area contributed by atoms with Crippen LogP contribution in [-0.2, 0) is 4.79 Å². The van der Waals surface area contributed by atoms with E-state index in [0.717, 1.165) is 5.69 Å². The maximum absolute atomic E-state index is 13.6. The van der Waals surface area contributed by atoms with Gasteiger partial charge in [0.25, 0.3) is 0 Å². The number of nitrogens with one attached hydrogen (secondary N) is 1. The van der Waals surface area contributed by atoms with Crippen LogP contribution in [0.2, 0.25) is 0 Å². The Bertz CT molecular complexity index is 829. The molecule has 2 aromatic heterocycles. The number of fused-ring (bicyclic) bond motifs is 1.